The zero-order valence-corrected chi connectivity index (χ0v) is 10.2. The summed E-state index contributed by atoms with van der Waals surface area (Å²) in [6, 6.07) is 7.16. The van der Waals surface area contributed by atoms with Crippen LogP contribution >= 0.6 is 11.3 Å². The molecule has 0 radical (unpaired) electrons. The van der Waals surface area contributed by atoms with Gasteiger partial charge in [-0.25, -0.2) is 9.78 Å². The first kappa shape index (κ1) is 11.0. The maximum absolute atomic E-state index is 11.1. The molecule has 90 valence electrons. The van der Waals surface area contributed by atoms with Crippen LogP contribution in [0.1, 0.15) is 15.4 Å². The van der Waals surface area contributed by atoms with E-state index in [9.17, 15) is 4.79 Å². The second-order valence-corrected chi connectivity index (χ2v) is 4.89. The van der Waals surface area contributed by atoms with E-state index in [1.807, 2.05) is 28.3 Å². The van der Waals surface area contributed by atoms with Crippen LogP contribution in [0.25, 0.3) is 10.9 Å². The Labute approximate surface area is 107 Å². The molecule has 5 heteroatoms. The fourth-order valence-corrected chi connectivity index (χ4v) is 2.64. The van der Waals surface area contributed by atoms with Gasteiger partial charge in [0.05, 0.1) is 12.1 Å². The Balaban J connectivity index is 2.09. The summed E-state index contributed by atoms with van der Waals surface area (Å²) in [5.41, 5.74) is 1.26. The number of aromatic nitrogens is 2. The van der Waals surface area contributed by atoms with Gasteiger partial charge in [0.2, 0.25) is 0 Å². The Bertz CT molecular complexity index is 701. The van der Waals surface area contributed by atoms with Crippen molar-refractivity contribution < 1.29 is 9.90 Å². The third-order valence-electron chi connectivity index (χ3n) is 2.83. The lowest BCUT2D eigenvalue weighted by molar-refractivity contribution is 0.0699. The Morgan fingerprint density at radius 3 is 3.00 bits per heavy atom. The van der Waals surface area contributed by atoms with Gasteiger partial charge in [-0.2, -0.15) is 0 Å². The van der Waals surface area contributed by atoms with Crippen molar-refractivity contribution in [2.45, 2.75) is 6.54 Å². The van der Waals surface area contributed by atoms with E-state index < -0.39 is 5.97 Å². The van der Waals surface area contributed by atoms with Gasteiger partial charge < -0.3 is 9.67 Å². The van der Waals surface area contributed by atoms with Gasteiger partial charge in [-0.1, -0.05) is 6.07 Å². The molecule has 0 aliphatic rings. The Morgan fingerprint density at radius 2 is 2.28 bits per heavy atom. The number of carboxylic acids is 1. The van der Waals surface area contributed by atoms with Crippen molar-refractivity contribution in [2.75, 3.05) is 0 Å². The van der Waals surface area contributed by atoms with Crippen molar-refractivity contribution in [1.29, 1.82) is 0 Å². The third kappa shape index (κ3) is 1.78. The molecule has 1 N–H and O–H groups in total. The van der Waals surface area contributed by atoms with Crippen molar-refractivity contribution in [3.05, 3.63) is 52.6 Å². The highest BCUT2D eigenvalue weighted by Crippen LogP contribution is 2.21. The number of hydrogen-bond donors (Lipinski definition) is 1. The summed E-state index contributed by atoms with van der Waals surface area (Å²) in [5, 5.41) is 12.8. The smallest absolute Gasteiger partial charge is 0.336 e. The average Bonchev–Trinajstić information content (AvgIpc) is 2.99. The van der Waals surface area contributed by atoms with Crippen LogP contribution < -0.4 is 0 Å². The fourth-order valence-electron chi connectivity index (χ4n) is 2.02. The van der Waals surface area contributed by atoms with E-state index in [0.29, 0.717) is 12.1 Å². The average molecular weight is 258 g/mol. The molecule has 0 spiro atoms. The topological polar surface area (TPSA) is 55.1 Å². The lowest BCUT2D eigenvalue weighted by Crippen LogP contribution is -1.99. The molecule has 0 amide bonds. The zero-order valence-electron chi connectivity index (χ0n) is 9.41. The fraction of sp³-hybridized carbons (Fsp3) is 0.0769. The summed E-state index contributed by atoms with van der Waals surface area (Å²) in [7, 11) is 0. The second-order valence-electron chi connectivity index (χ2n) is 3.91. The van der Waals surface area contributed by atoms with Crippen LogP contribution in [0.5, 0.6) is 0 Å². The van der Waals surface area contributed by atoms with Gasteiger partial charge in [-0.15, -0.1) is 11.3 Å². The normalized spacial score (nSPS) is 10.9. The van der Waals surface area contributed by atoms with Crippen LogP contribution in [0.15, 0.2) is 42.0 Å². The lowest BCUT2D eigenvalue weighted by Gasteiger charge is -2.03. The van der Waals surface area contributed by atoms with Crippen LogP contribution in [-0.4, -0.2) is 20.6 Å². The minimum atomic E-state index is -0.896. The standard InChI is InChI=1S/C13H10N2O2S/c16-13(17)10-2-1-3-11-9(10)4-6-15(11)8-12-14-5-7-18-12/h1-7H,8H2,(H,16,17). The molecule has 3 rings (SSSR count). The maximum Gasteiger partial charge on any atom is 0.336 e. The molecule has 0 fully saturated rings. The predicted octanol–water partition coefficient (Wildman–Crippen LogP) is 2.84. The molecular formula is C13H10N2O2S. The molecular weight excluding hydrogens is 248 g/mol. The molecule has 4 nitrogen and oxygen atoms in total. The molecule has 0 aliphatic heterocycles. The molecule has 2 heterocycles. The first-order valence-electron chi connectivity index (χ1n) is 5.45. The van der Waals surface area contributed by atoms with Gasteiger partial charge in [-0.05, 0) is 18.2 Å². The van der Waals surface area contributed by atoms with Gasteiger partial charge in [-0.3, -0.25) is 0 Å². The third-order valence-corrected chi connectivity index (χ3v) is 3.60. The number of hydrogen-bond acceptors (Lipinski definition) is 3. The quantitative estimate of drug-likeness (QED) is 0.786. The molecule has 0 saturated carbocycles. The Kier molecular flexibility index (Phi) is 2.60. The van der Waals surface area contributed by atoms with Crippen LogP contribution in [0.3, 0.4) is 0 Å². The van der Waals surface area contributed by atoms with Crippen LogP contribution in [-0.2, 0) is 6.54 Å². The molecule has 1 aromatic carbocycles. The van der Waals surface area contributed by atoms with Crippen molar-refractivity contribution in [1.82, 2.24) is 9.55 Å². The summed E-state index contributed by atoms with van der Waals surface area (Å²) >= 11 is 1.59. The number of rotatable bonds is 3. The number of thiazole rings is 1. The number of fused-ring (bicyclic) bond motifs is 1. The van der Waals surface area contributed by atoms with Crippen LogP contribution in [0, 0.1) is 0 Å². The molecule has 3 aromatic rings. The van der Waals surface area contributed by atoms with Gasteiger partial charge in [0, 0.05) is 28.7 Å². The monoisotopic (exact) mass is 258 g/mol. The van der Waals surface area contributed by atoms with E-state index in [2.05, 4.69) is 4.98 Å². The Hall–Kier alpha value is -2.14. The van der Waals surface area contributed by atoms with Crippen molar-refractivity contribution in [3.8, 4) is 0 Å². The Morgan fingerprint density at radius 1 is 1.39 bits per heavy atom. The maximum atomic E-state index is 11.1. The van der Waals surface area contributed by atoms with E-state index in [1.165, 1.54) is 0 Å². The van der Waals surface area contributed by atoms with E-state index in [1.54, 1.807) is 29.7 Å². The summed E-state index contributed by atoms with van der Waals surface area (Å²) in [4.78, 5) is 15.4. The first-order valence-corrected chi connectivity index (χ1v) is 6.33. The zero-order chi connectivity index (χ0) is 12.5. The number of carboxylic acid groups (broad SMARTS) is 1. The SMILES string of the molecule is O=C(O)c1cccc2c1ccn2Cc1nccs1. The molecule has 0 aliphatic carbocycles. The van der Waals surface area contributed by atoms with Crippen molar-refractivity contribution in [3.63, 3.8) is 0 Å². The summed E-state index contributed by atoms with van der Waals surface area (Å²) in [5.74, 6) is -0.896. The summed E-state index contributed by atoms with van der Waals surface area (Å²) in [6.45, 7) is 0.671. The van der Waals surface area contributed by atoms with Gasteiger partial charge in [0.25, 0.3) is 0 Å². The van der Waals surface area contributed by atoms with E-state index >= 15 is 0 Å². The van der Waals surface area contributed by atoms with Crippen LogP contribution in [0.4, 0.5) is 0 Å². The number of nitrogens with zero attached hydrogens (tertiary/aromatic N) is 2. The molecule has 0 atom stereocenters. The molecule has 0 unspecified atom stereocenters. The second kappa shape index (κ2) is 4.27. The highest BCUT2D eigenvalue weighted by atomic mass is 32.1. The highest BCUT2D eigenvalue weighted by molar-refractivity contribution is 7.09. The largest absolute Gasteiger partial charge is 0.478 e. The summed E-state index contributed by atoms with van der Waals surface area (Å²) < 4.78 is 2.01. The van der Waals surface area contributed by atoms with Crippen molar-refractivity contribution in [2.24, 2.45) is 0 Å². The molecule has 0 bridgehead atoms. The molecule has 18 heavy (non-hydrogen) atoms. The van der Waals surface area contributed by atoms with Gasteiger partial charge in [0.15, 0.2) is 0 Å². The predicted molar refractivity (Wildman–Crippen MR) is 70.1 cm³/mol. The van der Waals surface area contributed by atoms with Gasteiger partial charge in [0.1, 0.15) is 5.01 Å². The van der Waals surface area contributed by atoms with E-state index in [0.717, 1.165) is 15.9 Å². The van der Waals surface area contributed by atoms with E-state index in [-0.39, 0.29) is 0 Å². The van der Waals surface area contributed by atoms with Gasteiger partial charge >= 0.3 is 5.97 Å². The number of carbonyl (C=O) groups is 1. The number of benzene rings is 1. The lowest BCUT2D eigenvalue weighted by atomic mass is 10.1. The van der Waals surface area contributed by atoms with Crippen molar-refractivity contribution >= 4 is 28.2 Å². The minimum absolute atomic E-state index is 0.338. The van der Waals surface area contributed by atoms with E-state index in [4.69, 9.17) is 5.11 Å². The molecule has 2 aromatic heterocycles. The first-order chi connectivity index (χ1) is 8.75. The summed E-state index contributed by atoms with van der Waals surface area (Å²) in [6.07, 6.45) is 3.67. The molecule has 0 saturated heterocycles. The number of aromatic carboxylic acids is 1. The van der Waals surface area contributed by atoms with Crippen LogP contribution in [0.2, 0.25) is 0 Å². The minimum Gasteiger partial charge on any atom is -0.478 e. The highest BCUT2D eigenvalue weighted by Gasteiger charge is 2.11.